The third-order valence-electron chi connectivity index (χ3n) is 11.7. The van der Waals surface area contributed by atoms with Gasteiger partial charge in [-0.25, -0.2) is 4.57 Å². The van der Waals surface area contributed by atoms with Gasteiger partial charge in [0.05, 0.1) is 25.7 Å². The average Bonchev–Trinajstić information content (AvgIpc) is 3.70. The van der Waals surface area contributed by atoms with Crippen molar-refractivity contribution in [3.63, 3.8) is 0 Å². The summed E-state index contributed by atoms with van der Waals surface area (Å²) in [7, 11) is -4.75. The number of nitrogens with one attached hydrogen (secondary N) is 5. The number of carbonyl (C=O) groups is 4. The number of rotatable bonds is 38. The Hall–Kier alpha value is -4.27. The number of phosphoric acid groups is 1. The molecule has 0 spiro atoms. The molecule has 0 aliphatic carbocycles. The van der Waals surface area contributed by atoms with E-state index in [1.807, 2.05) is 48.5 Å². The lowest BCUT2D eigenvalue weighted by Crippen LogP contribution is -2.50. The highest BCUT2D eigenvalue weighted by atomic mass is 31.2. The smallest absolute Gasteiger partial charge is 0.472 e. The summed E-state index contributed by atoms with van der Waals surface area (Å²) in [6.45, 7) is 7.26. The van der Waals surface area contributed by atoms with E-state index in [1.54, 1.807) is 20.0 Å². The van der Waals surface area contributed by atoms with Gasteiger partial charge in [-0.1, -0.05) is 154 Å². The van der Waals surface area contributed by atoms with E-state index in [0.717, 1.165) is 73.4 Å². The van der Waals surface area contributed by atoms with Crippen LogP contribution in [-0.2, 0) is 45.8 Å². The first-order valence-corrected chi connectivity index (χ1v) is 26.5. The van der Waals surface area contributed by atoms with Crippen LogP contribution in [0.2, 0.25) is 0 Å². The second-order valence-electron chi connectivity index (χ2n) is 18.0. The van der Waals surface area contributed by atoms with Gasteiger partial charge in [-0.05, 0) is 54.5 Å². The van der Waals surface area contributed by atoms with Gasteiger partial charge in [-0.15, -0.1) is 0 Å². The van der Waals surface area contributed by atoms with Gasteiger partial charge in [0.15, 0.2) is 0 Å². The number of phosphoric ester groups is 1. The molecule has 2 unspecified atom stereocenters. The first-order chi connectivity index (χ1) is 32.3. The molecule has 16 heteroatoms. The normalized spacial score (nSPS) is 13.7. The van der Waals surface area contributed by atoms with Crippen LogP contribution in [-0.4, -0.2) is 83.1 Å². The fourth-order valence-corrected chi connectivity index (χ4v) is 8.46. The Kier molecular flexibility index (Phi) is 28.3. The second-order valence-corrected chi connectivity index (χ2v) is 19.4. The molecular weight excluding hydrogens is 874 g/mol. The highest BCUT2D eigenvalue weighted by Gasteiger charge is 2.29. The number of aromatic nitrogens is 1. The Morgan fingerprint density at radius 3 is 2.00 bits per heavy atom. The summed E-state index contributed by atoms with van der Waals surface area (Å²) in [5.41, 5.74) is 2.60. The second kappa shape index (κ2) is 33.3. The zero-order chi connectivity index (χ0) is 48.7. The summed E-state index contributed by atoms with van der Waals surface area (Å²) in [5.74, 6) is -1.49. The van der Waals surface area contributed by atoms with E-state index in [1.165, 1.54) is 44.9 Å². The minimum Gasteiger partial charge on any atom is -0.489 e. The van der Waals surface area contributed by atoms with Crippen LogP contribution in [0.25, 0.3) is 10.9 Å². The van der Waals surface area contributed by atoms with Crippen molar-refractivity contribution in [3.05, 3.63) is 65.9 Å². The van der Waals surface area contributed by atoms with E-state index in [2.05, 4.69) is 40.1 Å². The molecule has 0 fully saturated rings. The molecule has 4 atom stereocenters. The quantitative estimate of drug-likeness (QED) is 0.0214. The molecule has 1 aromatic heterocycles. The van der Waals surface area contributed by atoms with Gasteiger partial charge in [-0.2, -0.15) is 0 Å². The molecule has 1 heterocycles. The molecule has 0 radical (unpaired) electrons. The molecule has 4 amide bonds. The van der Waals surface area contributed by atoms with Gasteiger partial charge >= 0.3 is 7.82 Å². The first kappa shape index (κ1) is 57.1. The summed E-state index contributed by atoms with van der Waals surface area (Å²) in [6.07, 6.45) is 20.1. The van der Waals surface area contributed by atoms with Crippen molar-refractivity contribution in [1.82, 2.24) is 26.3 Å². The average molecular weight is 956 g/mol. The van der Waals surface area contributed by atoms with E-state index >= 15 is 0 Å². The summed E-state index contributed by atoms with van der Waals surface area (Å²) < 4.78 is 29.2. The van der Waals surface area contributed by atoms with Crippen LogP contribution < -0.4 is 26.0 Å². The third kappa shape index (κ3) is 24.5. The van der Waals surface area contributed by atoms with Crippen molar-refractivity contribution in [3.8, 4) is 5.75 Å². The fraction of sp³-hybridized carbons (Fsp3) is 0.647. The van der Waals surface area contributed by atoms with Crippen LogP contribution in [0.1, 0.15) is 161 Å². The maximum absolute atomic E-state index is 13.3. The number of aliphatic hydroxyl groups is 1. The standard InChI is InChI=1S/C51H82N5O10P/c1-5-7-9-11-12-13-14-15-16-18-23-27-47(58)55-46(50(60)52-31-30-42(57)26-22-17-10-8-6-2)38-66-67(62,63)65-33-32-53-51(61)49(39(3)4)56-48(59)34-41-36-54-45-29-28-43(35-44(41)45)64-37-40-24-20-19-21-25-40/h19-21,24-25,28-29,35-36,39,42,46,49,54,57H,5-18,22-23,26-27,30-34,37-38H2,1-4H3,(H,52,60)(H,53,61)(H,55,58)(H,56,59)(H,62,63)/t42?,46-,49-/m0/s1. The van der Waals surface area contributed by atoms with E-state index < -0.39 is 51.0 Å². The van der Waals surface area contributed by atoms with Gasteiger partial charge in [-0.3, -0.25) is 28.2 Å². The molecule has 2 aromatic carbocycles. The van der Waals surface area contributed by atoms with E-state index in [0.29, 0.717) is 31.6 Å². The summed E-state index contributed by atoms with van der Waals surface area (Å²) in [6, 6.07) is 13.2. The number of unbranched alkanes of at least 4 members (excludes halogenated alkanes) is 14. The molecule has 15 nitrogen and oxygen atoms in total. The van der Waals surface area contributed by atoms with Crippen LogP contribution >= 0.6 is 7.82 Å². The number of aromatic amines is 1. The number of carbonyl (C=O) groups excluding carboxylic acids is 4. The topological polar surface area (TPSA) is 217 Å². The summed E-state index contributed by atoms with van der Waals surface area (Å²) in [5, 5.41) is 22.1. The number of hydrogen-bond donors (Lipinski definition) is 7. The highest BCUT2D eigenvalue weighted by molar-refractivity contribution is 7.47. The summed E-state index contributed by atoms with van der Waals surface area (Å²) in [4.78, 5) is 66.4. The van der Waals surface area contributed by atoms with Crippen molar-refractivity contribution < 1.29 is 47.5 Å². The predicted molar refractivity (Wildman–Crippen MR) is 264 cm³/mol. The maximum Gasteiger partial charge on any atom is 0.472 e. The number of hydrogen-bond acceptors (Lipinski definition) is 9. The van der Waals surface area contributed by atoms with Crippen molar-refractivity contribution in [2.75, 3.05) is 26.3 Å². The minimum atomic E-state index is -4.75. The Morgan fingerprint density at radius 2 is 1.34 bits per heavy atom. The van der Waals surface area contributed by atoms with Gasteiger partial charge in [0.2, 0.25) is 23.6 Å². The molecular formula is C51H82N5O10P. The maximum atomic E-state index is 13.3. The van der Waals surface area contributed by atoms with E-state index in [-0.39, 0.29) is 43.7 Å². The molecule has 7 N–H and O–H groups in total. The highest BCUT2D eigenvalue weighted by Crippen LogP contribution is 2.43. The number of ether oxygens (including phenoxy) is 1. The van der Waals surface area contributed by atoms with Crippen molar-refractivity contribution in [1.29, 1.82) is 0 Å². The van der Waals surface area contributed by atoms with Gasteiger partial charge < -0.3 is 41.0 Å². The monoisotopic (exact) mass is 956 g/mol. The van der Waals surface area contributed by atoms with Gasteiger partial charge in [0.25, 0.3) is 0 Å². The number of amides is 4. The molecule has 0 saturated heterocycles. The Bertz CT molecular complexity index is 1910. The number of aliphatic hydroxyl groups excluding tert-OH is 1. The van der Waals surface area contributed by atoms with E-state index in [9.17, 15) is 33.7 Å². The molecule has 0 saturated carbocycles. The molecule has 0 aliphatic rings. The van der Waals surface area contributed by atoms with Crippen molar-refractivity contribution in [2.45, 2.75) is 181 Å². The van der Waals surface area contributed by atoms with Crippen LogP contribution in [0, 0.1) is 5.92 Å². The number of benzene rings is 2. The van der Waals surface area contributed by atoms with Crippen LogP contribution in [0.3, 0.4) is 0 Å². The van der Waals surface area contributed by atoms with Crippen LogP contribution in [0.15, 0.2) is 54.7 Å². The zero-order valence-electron chi connectivity index (χ0n) is 40.8. The third-order valence-corrected chi connectivity index (χ3v) is 12.7. The molecule has 376 valence electrons. The van der Waals surface area contributed by atoms with Gasteiger partial charge in [0.1, 0.15) is 24.4 Å². The lowest BCUT2D eigenvalue weighted by atomic mass is 10.0. The molecule has 3 rings (SSSR count). The molecule has 67 heavy (non-hydrogen) atoms. The summed E-state index contributed by atoms with van der Waals surface area (Å²) >= 11 is 0. The SMILES string of the molecule is CCCCCCCCCCCCCC(=O)N[C@@H](COP(=O)(O)OCCNC(=O)[C@@H](NC(=O)Cc1c[nH]c2ccc(OCc3ccccc3)cc12)C(C)C)C(=O)NCCC(O)CCCCCCC. The first-order valence-electron chi connectivity index (χ1n) is 25.0. The largest absolute Gasteiger partial charge is 0.489 e. The number of fused-ring (bicyclic) bond motifs is 1. The lowest BCUT2D eigenvalue weighted by Gasteiger charge is -2.22. The zero-order valence-corrected chi connectivity index (χ0v) is 41.7. The Balaban J connectivity index is 1.46. The number of H-pyrrole nitrogens is 1. The predicted octanol–water partition coefficient (Wildman–Crippen LogP) is 9.09. The molecule has 0 bridgehead atoms. The van der Waals surface area contributed by atoms with Gasteiger partial charge in [0, 0.05) is 36.6 Å². The Labute approximate surface area is 399 Å². The van der Waals surface area contributed by atoms with Crippen LogP contribution in [0.5, 0.6) is 5.75 Å². The molecule has 0 aliphatic heterocycles. The minimum absolute atomic E-state index is 0.00670. The van der Waals surface area contributed by atoms with Crippen LogP contribution in [0.4, 0.5) is 0 Å². The Morgan fingerprint density at radius 1 is 0.716 bits per heavy atom. The lowest BCUT2D eigenvalue weighted by molar-refractivity contribution is -0.130. The van der Waals surface area contributed by atoms with Crippen molar-refractivity contribution >= 4 is 42.4 Å². The van der Waals surface area contributed by atoms with Crippen molar-refractivity contribution in [2.24, 2.45) is 5.92 Å². The molecule has 3 aromatic rings. The van der Waals surface area contributed by atoms with E-state index in [4.69, 9.17) is 13.8 Å². The fourth-order valence-electron chi connectivity index (χ4n) is 7.73.